The summed E-state index contributed by atoms with van der Waals surface area (Å²) in [6.45, 7) is 0.464. The summed E-state index contributed by atoms with van der Waals surface area (Å²) in [6.07, 6.45) is 2.11. The zero-order chi connectivity index (χ0) is 13.0. The summed E-state index contributed by atoms with van der Waals surface area (Å²) in [6, 6.07) is 7.29. The standard InChI is InChI=1S/C13H15N3O2/c14-10-4-1-3-9-5-7-15-12(11(9)10)13(18)16-6-2-8-17/h1,3-5,7,17H,2,6,8,14H2,(H,16,18). The zero-order valence-electron chi connectivity index (χ0n) is 9.89. The molecule has 1 heterocycles. The number of nitrogen functional groups attached to an aromatic ring is 1. The van der Waals surface area contributed by atoms with E-state index in [0.717, 1.165) is 5.39 Å². The van der Waals surface area contributed by atoms with Crippen LogP contribution in [0, 0.1) is 0 Å². The first-order valence-corrected chi connectivity index (χ1v) is 5.76. The highest BCUT2D eigenvalue weighted by Crippen LogP contribution is 2.23. The van der Waals surface area contributed by atoms with Gasteiger partial charge in [-0.25, -0.2) is 0 Å². The average molecular weight is 245 g/mol. The zero-order valence-corrected chi connectivity index (χ0v) is 9.89. The molecule has 1 aromatic carbocycles. The van der Waals surface area contributed by atoms with Crippen molar-refractivity contribution in [2.24, 2.45) is 0 Å². The van der Waals surface area contributed by atoms with E-state index in [2.05, 4.69) is 10.3 Å². The van der Waals surface area contributed by atoms with Crippen LogP contribution in [-0.4, -0.2) is 29.1 Å². The Morgan fingerprint density at radius 1 is 1.39 bits per heavy atom. The monoisotopic (exact) mass is 245 g/mol. The number of carbonyl (C=O) groups is 1. The minimum atomic E-state index is -0.271. The minimum Gasteiger partial charge on any atom is -0.398 e. The maximum atomic E-state index is 12.0. The second-order valence-corrected chi connectivity index (χ2v) is 3.94. The van der Waals surface area contributed by atoms with Crippen LogP contribution in [0.1, 0.15) is 16.9 Å². The van der Waals surface area contributed by atoms with E-state index < -0.39 is 0 Å². The van der Waals surface area contributed by atoms with Gasteiger partial charge in [-0.3, -0.25) is 9.78 Å². The Hall–Kier alpha value is -2.14. The number of anilines is 1. The van der Waals surface area contributed by atoms with Gasteiger partial charge in [-0.15, -0.1) is 0 Å². The van der Waals surface area contributed by atoms with Gasteiger partial charge in [-0.1, -0.05) is 12.1 Å². The molecule has 0 saturated heterocycles. The molecular weight excluding hydrogens is 230 g/mol. The summed E-state index contributed by atoms with van der Waals surface area (Å²) < 4.78 is 0. The number of nitrogens with two attached hydrogens (primary N) is 1. The highest BCUT2D eigenvalue weighted by atomic mass is 16.3. The molecule has 1 aromatic heterocycles. The second kappa shape index (κ2) is 5.46. The average Bonchev–Trinajstić information content (AvgIpc) is 2.38. The molecule has 4 N–H and O–H groups in total. The number of fused-ring (bicyclic) bond motifs is 1. The Morgan fingerprint density at radius 3 is 3.00 bits per heavy atom. The normalized spacial score (nSPS) is 10.5. The van der Waals surface area contributed by atoms with Crippen LogP contribution in [-0.2, 0) is 0 Å². The van der Waals surface area contributed by atoms with Gasteiger partial charge in [0, 0.05) is 30.4 Å². The third-order valence-corrected chi connectivity index (χ3v) is 2.66. The number of aromatic nitrogens is 1. The first kappa shape index (κ1) is 12.3. The number of rotatable bonds is 4. The summed E-state index contributed by atoms with van der Waals surface area (Å²) in [5.74, 6) is -0.271. The number of amides is 1. The predicted molar refractivity (Wildman–Crippen MR) is 70.2 cm³/mol. The van der Waals surface area contributed by atoms with Crippen LogP contribution >= 0.6 is 0 Å². The third-order valence-electron chi connectivity index (χ3n) is 2.66. The van der Waals surface area contributed by atoms with E-state index in [-0.39, 0.29) is 12.5 Å². The fraction of sp³-hybridized carbons (Fsp3) is 0.231. The molecule has 2 aromatic rings. The van der Waals surface area contributed by atoms with E-state index >= 15 is 0 Å². The molecule has 0 bridgehead atoms. The maximum absolute atomic E-state index is 12.0. The Morgan fingerprint density at radius 2 is 2.22 bits per heavy atom. The molecule has 0 radical (unpaired) electrons. The lowest BCUT2D eigenvalue weighted by atomic mass is 10.1. The van der Waals surface area contributed by atoms with Crippen molar-refractivity contribution >= 4 is 22.4 Å². The summed E-state index contributed by atoms with van der Waals surface area (Å²) in [5.41, 5.74) is 6.75. The summed E-state index contributed by atoms with van der Waals surface area (Å²) in [5, 5.41) is 12.9. The Balaban J connectivity index is 2.35. The van der Waals surface area contributed by atoms with E-state index in [1.54, 1.807) is 12.3 Å². The van der Waals surface area contributed by atoms with Gasteiger partial charge < -0.3 is 16.2 Å². The third kappa shape index (κ3) is 2.41. The predicted octanol–water partition coefficient (Wildman–Crippen LogP) is 0.929. The van der Waals surface area contributed by atoms with Gasteiger partial charge in [0.25, 0.3) is 5.91 Å². The summed E-state index contributed by atoms with van der Waals surface area (Å²) >= 11 is 0. The molecule has 0 aliphatic heterocycles. The molecule has 0 atom stereocenters. The number of aliphatic hydroxyl groups is 1. The van der Waals surface area contributed by atoms with E-state index in [0.29, 0.717) is 29.7 Å². The number of benzene rings is 1. The lowest BCUT2D eigenvalue weighted by Gasteiger charge is -2.08. The highest BCUT2D eigenvalue weighted by Gasteiger charge is 2.12. The number of aliphatic hydroxyl groups excluding tert-OH is 1. The van der Waals surface area contributed by atoms with Crippen molar-refractivity contribution in [3.05, 3.63) is 36.2 Å². The van der Waals surface area contributed by atoms with Crippen LogP contribution in [0.4, 0.5) is 5.69 Å². The number of carbonyl (C=O) groups excluding carboxylic acids is 1. The van der Waals surface area contributed by atoms with Crippen molar-refractivity contribution in [1.82, 2.24) is 10.3 Å². The van der Waals surface area contributed by atoms with Crippen LogP contribution in [0.25, 0.3) is 10.8 Å². The Bertz CT molecular complexity index is 564. The molecule has 94 valence electrons. The molecule has 0 aliphatic rings. The fourth-order valence-corrected chi connectivity index (χ4v) is 1.79. The van der Waals surface area contributed by atoms with E-state index in [1.807, 2.05) is 18.2 Å². The van der Waals surface area contributed by atoms with Gasteiger partial charge in [0.2, 0.25) is 0 Å². The first-order chi connectivity index (χ1) is 8.74. The van der Waals surface area contributed by atoms with Gasteiger partial charge in [-0.2, -0.15) is 0 Å². The molecule has 2 rings (SSSR count). The number of nitrogens with zero attached hydrogens (tertiary/aromatic N) is 1. The molecule has 1 amide bonds. The van der Waals surface area contributed by atoms with E-state index in [4.69, 9.17) is 10.8 Å². The van der Waals surface area contributed by atoms with Crippen molar-refractivity contribution < 1.29 is 9.90 Å². The first-order valence-electron chi connectivity index (χ1n) is 5.76. The van der Waals surface area contributed by atoms with Crippen molar-refractivity contribution in [1.29, 1.82) is 0 Å². The molecule has 5 heteroatoms. The number of hydrogen-bond acceptors (Lipinski definition) is 4. The quantitative estimate of drug-likeness (QED) is 0.552. The largest absolute Gasteiger partial charge is 0.398 e. The van der Waals surface area contributed by atoms with Gasteiger partial charge in [0.1, 0.15) is 5.69 Å². The second-order valence-electron chi connectivity index (χ2n) is 3.94. The van der Waals surface area contributed by atoms with Crippen LogP contribution < -0.4 is 11.1 Å². The smallest absolute Gasteiger partial charge is 0.270 e. The molecule has 0 saturated carbocycles. The van der Waals surface area contributed by atoms with Crippen molar-refractivity contribution in [3.8, 4) is 0 Å². The number of hydrogen-bond donors (Lipinski definition) is 3. The van der Waals surface area contributed by atoms with Gasteiger partial charge in [-0.05, 0) is 23.9 Å². The Labute approximate surface area is 105 Å². The topological polar surface area (TPSA) is 88.2 Å². The van der Waals surface area contributed by atoms with E-state index in [1.165, 1.54) is 0 Å². The van der Waals surface area contributed by atoms with Crippen molar-refractivity contribution in [3.63, 3.8) is 0 Å². The molecule has 0 unspecified atom stereocenters. The van der Waals surface area contributed by atoms with Crippen molar-refractivity contribution in [2.45, 2.75) is 6.42 Å². The Kier molecular flexibility index (Phi) is 3.74. The van der Waals surface area contributed by atoms with Crippen LogP contribution in [0.15, 0.2) is 30.5 Å². The van der Waals surface area contributed by atoms with Crippen LogP contribution in [0.2, 0.25) is 0 Å². The SMILES string of the molecule is Nc1cccc2ccnc(C(=O)NCCCO)c12. The van der Waals surface area contributed by atoms with Gasteiger partial charge >= 0.3 is 0 Å². The lowest BCUT2D eigenvalue weighted by Crippen LogP contribution is -2.26. The minimum absolute atomic E-state index is 0.0470. The summed E-state index contributed by atoms with van der Waals surface area (Å²) in [7, 11) is 0. The molecule has 0 fully saturated rings. The number of pyridine rings is 1. The maximum Gasteiger partial charge on any atom is 0.270 e. The highest BCUT2D eigenvalue weighted by molar-refractivity contribution is 6.09. The number of nitrogens with one attached hydrogen (secondary N) is 1. The fourth-order valence-electron chi connectivity index (χ4n) is 1.79. The molecule has 18 heavy (non-hydrogen) atoms. The van der Waals surface area contributed by atoms with Crippen LogP contribution in [0.5, 0.6) is 0 Å². The van der Waals surface area contributed by atoms with Crippen LogP contribution in [0.3, 0.4) is 0 Å². The van der Waals surface area contributed by atoms with Gasteiger partial charge in [0.15, 0.2) is 0 Å². The van der Waals surface area contributed by atoms with Crippen molar-refractivity contribution in [2.75, 3.05) is 18.9 Å². The van der Waals surface area contributed by atoms with Gasteiger partial charge in [0.05, 0.1) is 0 Å². The molecular formula is C13H15N3O2. The lowest BCUT2D eigenvalue weighted by molar-refractivity contribution is 0.0948. The summed E-state index contributed by atoms with van der Waals surface area (Å²) in [4.78, 5) is 16.1. The van der Waals surface area contributed by atoms with E-state index in [9.17, 15) is 4.79 Å². The molecule has 5 nitrogen and oxygen atoms in total. The molecule has 0 aliphatic carbocycles. The molecule has 0 spiro atoms.